The number of halogens is 3. The number of carbonyl (C=O) groups is 2. The number of carboxylic acids is 1. The van der Waals surface area contributed by atoms with Gasteiger partial charge in [-0.15, -0.1) is 0 Å². The summed E-state index contributed by atoms with van der Waals surface area (Å²) in [4.78, 5) is 32.5. The number of hydrogen-bond donors (Lipinski definition) is 2. The van der Waals surface area contributed by atoms with E-state index in [0.29, 0.717) is 0 Å². The Bertz CT molecular complexity index is 549. The fourth-order valence-electron chi connectivity index (χ4n) is 2.06. The molecule has 1 amide bonds. The van der Waals surface area contributed by atoms with Gasteiger partial charge in [-0.1, -0.05) is 0 Å². The fraction of sp³-hybridized carbons (Fsp3) is 0.600. The second-order valence-electron chi connectivity index (χ2n) is 4.46. The molecule has 3 N–H and O–H groups in total. The van der Waals surface area contributed by atoms with E-state index in [1.54, 1.807) is 0 Å². The number of alkyl halides is 3. The Balaban J connectivity index is 2.99. The Labute approximate surface area is 127 Å². The third kappa shape index (κ3) is 4.29. The van der Waals surface area contributed by atoms with E-state index in [-0.39, 0.29) is 0 Å². The van der Waals surface area contributed by atoms with Crippen molar-refractivity contribution in [1.29, 1.82) is 0 Å². The molecule has 23 heavy (non-hydrogen) atoms. The summed E-state index contributed by atoms with van der Waals surface area (Å²) < 4.78 is 40.3. The number of hydrogen-bond acceptors (Lipinski definition) is 7. The number of amides is 1. The van der Waals surface area contributed by atoms with Crippen LogP contribution in [0.4, 0.5) is 13.2 Å². The van der Waals surface area contributed by atoms with E-state index in [4.69, 9.17) is 10.8 Å². The molecule has 0 aromatic carbocycles. The highest BCUT2D eigenvalue weighted by Crippen LogP contribution is 2.28. The molecule has 0 saturated carbocycles. The van der Waals surface area contributed by atoms with Gasteiger partial charge in [-0.25, -0.2) is 4.79 Å². The van der Waals surface area contributed by atoms with Gasteiger partial charge in [0.1, 0.15) is 6.61 Å². The Kier molecular flexibility index (Phi) is 5.50. The average Bonchev–Trinajstić information content (AvgIpc) is 2.67. The molecule has 0 bridgehead atoms. The molecule has 0 aromatic rings. The maximum atomic E-state index is 12.0. The third-order valence-corrected chi connectivity index (χ3v) is 2.89. The predicted octanol–water partition coefficient (Wildman–Crippen LogP) is -0.845. The molecular formula is C10H13F3N4O6. The van der Waals surface area contributed by atoms with Gasteiger partial charge >= 0.3 is 17.8 Å². The molecule has 1 heterocycles. The van der Waals surface area contributed by atoms with Gasteiger partial charge in [-0.3, -0.25) is 19.9 Å². The SMILES string of the molecule is CN1C(C(=O)O)C([N+](=O)[O-])=C(C(N)=O)N1CCOCC(F)(F)F. The van der Waals surface area contributed by atoms with Gasteiger partial charge in [0.2, 0.25) is 6.04 Å². The topological polar surface area (TPSA) is 139 Å². The molecule has 1 atom stereocenters. The van der Waals surface area contributed by atoms with Gasteiger partial charge in [-0.05, 0) is 0 Å². The molecule has 0 spiro atoms. The number of primary amides is 1. The van der Waals surface area contributed by atoms with Crippen LogP contribution in [0.15, 0.2) is 11.4 Å². The third-order valence-electron chi connectivity index (χ3n) is 2.89. The largest absolute Gasteiger partial charge is 0.480 e. The fourth-order valence-corrected chi connectivity index (χ4v) is 2.06. The van der Waals surface area contributed by atoms with Crippen LogP contribution >= 0.6 is 0 Å². The minimum Gasteiger partial charge on any atom is -0.480 e. The maximum absolute atomic E-state index is 12.0. The molecular weight excluding hydrogens is 329 g/mol. The van der Waals surface area contributed by atoms with Gasteiger partial charge in [0.15, 0.2) is 5.70 Å². The number of nitrogens with zero attached hydrogens (tertiary/aromatic N) is 3. The lowest BCUT2D eigenvalue weighted by Crippen LogP contribution is -2.46. The number of likely N-dealkylation sites (N-methyl/N-ethyl adjacent to an activating group) is 1. The Hall–Kier alpha value is -2.41. The van der Waals surface area contributed by atoms with Gasteiger partial charge in [0.05, 0.1) is 18.1 Å². The van der Waals surface area contributed by atoms with Crippen LogP contribution in [-0.4, -0.2) is 70.9 Å². The monoisotopic (exact) mass is 342 g/mol. The molecule has 0 saturated heterocycles. The number of aliphatic carboxylic acids is 1. The van der Waals surface area contributed by atoms with Crippen LogP contribution in [0, 0.1) is 10.1 Å². The van der Waals surface area contributed by atoms with E-state index in [1.165, 1.54) is 0 Å². The zero-order chi connectivity index (χ0) is 17.9. The number of carbonyl (C=O) groups excluding carboxylic acids is 1. The van der Waals surface area contributed by atoms with Crippen molar-refractivity contribution in [2.45, 2.75) is 12.2 Å². The minimum absolute atomic E-state index is 0.425. The number of nitrogens with two attached hydrogens (primary N) is 1. The second kappa shape index (κ2) is 6.78. The lowest BCUT2D eigenvalue weighted by Gasteiger charge is -2.28. The van der Waals surface area contributed by atoms with Gasteiger partial charge < -0.3 is 15.6 Å². The Morgan fingerprint density at radius 2 is 2.04 bits per heavy atom. The summed E-state index contributed by atoms with van der Waals surface area (Å²) in [7, 11) is 1.13. The van der Waals surface area contributed by atoms with Crippen molar-refractivity contribution in [3.63, 3.8) is 0 Å². The summed E-state index contributed by atoms with van der Waals surface area (Å²) in [5.41, 5.74) is 3.37. The number of hydrazine groups is 1. The molecule has 10 nitrogen and oxygen atoms in total. The quantitative estimate of drug-likeness (QED) is 0.347. The molecule has 1 rings (SSSR count). The molecule has 130 valence electrons. The zero-order valence-electron chi connectivity index (χ0n) is 11.7. The van der Waals surface area contributed by atoms with Crippen molar-refractivity contribution in [3.05, 3.63) is 21.5 Å². The standard InChI is InChI=1S/C10H13F3N4O6/c1-15-7(9(19)20)5(17(21)22)6(8(14)18)16(15)2-3-23-4-10(11,12)13/h7H,2-4H2,1H3,(H2,14,18)(H,19,20). The molecule has 0 fully saturated rings. The van der Waals surface area contributed by atoms with Crippen molar-refractivity contribution in [3.8, 4) is 0 Å². The van der Waals surface area contributed by atoms with Crippen LogP contribution in [0.1, 0.15) is 0 Å². The highest BCUT2D eigenvalue weighted by molar-refractivity contribution is 5.94. The highest BCUT2D eigenvalue weighted by atomic mass is 19.4. The first kappa shape index (κ1) is 18.6. The van der Waals surface area contributed by atoms with E-state index >= 15 is 0 Å². The van der Waals surface area contributed by atoms with E-state index < -0.39 is 60.2 Å². The highest BCUT2D eigenvalue weighted by Gasteiger charge is 2.50. The van der Waals surface area contributed by atoms with Gasteiger partial charge in [0, 0.05) is 7.05 Å². The lowest BCUT2D eigenvalue weighted by atomic mass is 10.2. The first-order chi connectivity index (χ1) is 10.5. The van der Waals surface area contributed by atoms with Crippen LogP contribution < -0.4 is 5.73 Å². The molecule has 1 aliphatic heterocycles. The molecule has 1 aliphatic rings. The maximum Gasteiger partial charge on any atom is 0.411 e. The summed E-state index contributed by atoms with van der Waals surface area (Å²) in [5, 5.41) is 21.7. The van der Waals surface area contributed by atoms with Crippen LogP contribution in [0.3, 0.4) is 0 Å². The molecule has 1 unspecified atom stereocenters. The summed E-state index contributed by atoms with van der Waals surface area (Å²) in [6, 6.07) is -1.80. The number of ether oxygens (including phenoxy) is 1. The summed E-state index contributed by atoms with van der Waals surface area (Å²) in [6.07, 6.45) is -4.56. The smallest absolute Gasteiger partial charge is 0.411 e. The van der Waals surface area contributed by atoms with Crippen LogP contribution in [0.25, 0.3) is 0 Å². The van der Waals surface area contributed by atoms with Crippen molar-refractivity contribution in [1.82, 2.24) is 10.0 Å². The van der Waals surface area contributed by atoms with E-state index in [0.717, 1.165) is 17.1 Å². The molecule has 13 heteroatoms. The first-order valence-electron chi connectivity index (χ1n) is 6.03. The summed E-state index contributed by atoms with van der Waals surface area (Å²) in [5.74, 6) is -2.89. The zero-order valence-corrected chi connectivity index (χ0v) is 11.7. The number of nitro groups is 1. The van der Waals surface area contributed by atoms with Crippen molar-refractivity contribution < 1.29 is 37.5 Å². The van der Waals surface area contributed by atoms with Crippen molar-refractivity contribution >= 4 is 11.9 Å². The van der Waals surface area contributed by atoms with E-state index in [1.807, 2.05) is 0 Å². The lowest BCUT2D eigenvalue weighted by molar-refractivity contribution is -0.430. The number of rotatable bonds is 7. The van der Waals surface area contributed by atoms with E-state index in [9.17, 15) is 32.9 Å². The predicted molar refractivity (Wildman–Crippen MR) is 66.0 cm³/mol. The van der Waals surface area contributed by atoms with Crippen LogP contribution in [0.2, 0.25) is 0 Å². The summed E-state index contributed by atoms with van der Waals surface area (Å²) in [6.45, 7) is -2.53. The van der Waals surface area contributed by atoms with Crippen LogP contribution in [0.5, 0.6) is 0 Å². The van der Waals surface area contributed by atoms with Gasteiger partial charge in [-0.2, -0.15) is 18.2 Å². The summed E-state index contributed by atoms with van der Waals surface area (Å²) >= 11 is 0. The molecule has 0 radical (unpaired) electrons. The van der Waals surface area contributed by atoms with Gasteiger partial charge in [0.25, 0.3) is 5.91 Å². The van der Waals surface area contributed by atoms with Crippen molar-refractivity contribution in [2.24, 2.45) is 5.73 Å². The van der Waals surface area contributed by atoms with E-state index in [2.05, 4.69) is 4.74 Å². The Morgan fingerprint density at radius 3 is 2.43 bits per heavy atom. The molecule has 0 aliphatic carbocycles. The Morgan fingerprint density at radius 1 is 1.48 bits per heavy atom. The number of carboxylic acid groups (broad SMARTS) is 1. The molecule has 0 aromatic heterocycles. The van der Waals surface area contributed by atoms with Crippen molar-refractivity contribution in [2.75, 3.05) is 26.8 Å². The first-order valence-corrected chi connectivity index (χ1v) is 6.03. The normalized spacial score (nSPS) is 19.3. The second-order valence-corrected chi connectivity index (χ2v) is 4.46. The minimum atomic E-state index is -4.56. The van der Waals surface area contributed by atoms with Crippen LogP contribution in [-0.2, 0) is 14.3 Å². The average molecular weight is 342 g/mol.